The quantitative estimate of drug-likeness (QED) is 0.409. The topological polar surface area (TPSA) is 49.4 Å². The van der Waals surface area contributed by atoms with Crippen LogP contribution in [-0.2, 0) is 10.2 Å². The van der Waals surface area contributed by atoms with Crippen LogP contribution in [0.4, 0.5) is 11.4 Å². The number of amides is 2. The first-order valence-electron chi connectivity index (χ1n) is 10.5. The average Bonchev–Trinajstić information content (AvgIpc) is 3.16. The van der Waals surface area contributed by atoms with Gasteiger partial charge >= 0.3 is 0 Å². The van der Waals surface area contributed by atoms with Gasteiger partial charge in [-0.15, -0.1) is 11.8 Å². The number of halogens is 2. The highest BCUT2D eigenvalue weighted by Crippen LogP contribution is 2.42. The van der Waals surface area contributed by atoms with Crippen LogP contribution >= 0.6 is 35.0 Å². The molecular formula is C26H24Cl2N2O2S. The number of rotatable bonds is 4. The second-order valence-electron chi connectivity index (χ2n) is 8.93. The second-order valence-corrected chi connectivity index (χ2v) is 10.8. The first-order valence-corrected chi connectivity index (χ1v) is 12.3. The van der Waals surface area contributed by atoms with E-state index < -0.39 is 0 Å². The molecule has 0 saturated carbocycles. The molecule has 1 atom stereocenters. The Morgan fingerprint density at radius 3 is 2.39 bits per heavy atom. The van der Waals surface area contributed by atoms with Crippen LogP contribution in [0.2, 0.25) is 10.0 Å². The molecular weight excluding hydrogens is 475 g/mol. The maximum absolute atomic E-state index is 12.8. The molecule has 3 aromatic carbocycles. The Balaban J connectivity index is 1.57. The van der Waals surface area contributed by atoms with Gasteiger partial charge in [0, 0.05) is 16.9 Å². The summed E-state index contributed by atoms with van der Waals surface area (Å²) in [7, 11) is 0. The van der Waals surface area contributed by atoms with E-state index in [0.29, 0.717) is 27.0 Å². The average molecular weight is 499 g/mol. The van der Waals surface area contributed by atoms with Crippen LogP contribution in [0.25, 0.3) is 0 Å². The van der Waals surface area contributed by atoms with Crippen molar-refractivity contribution in [3.8, 4) is 0 Å². The monoisotopic (exact) mass is 498 g/mol. The van der Waals surface area contributed by atoms with Gasteiger partial charge in [-0.25, -0.2) is 0 Å². The minimum atomic E-state index is -0.282. The summed E-state index contributed by atoms with van der Waals surface area (Å²) in [5.41, 5.74) is 4.13. The summed E-state index contributed by atoms with van der Waals surface area (Å²) in [4.78, 5) is 27.3. The molecule has 0 unspecified atom stereocenters. The maximum Gasteiger partial charge on any atom is 0.255 e. The Morgan fingerprint density at radius 2 is 1.73 bits per heavy atom. The Kier molecular flexibility index (Phi) is 6.76. The molecule has 1 saturated heterocycles. The zero-order chi connectivity index (χ0) is 23.8. The largest absolute Gasteiger partial charge is 0.322 e. The number of nitrogens with one attached hydrogen (secondary N) is 1. The summed E-state index contributed by atoms with van der Waals surface area (Å²) in [5.74, 6) is 0.195. The molecule has 0 aromatic heterocycles. The number of hydrogen-bond acceptors (Lipinski definition) is 3. The standard InChI is InChI=1S/C26H24Cl2N2O2S/c1-26(2,3)18-8-10-20(11-9-18)30-23(31)15-33-25(30)17-5-4-6-19(13-17)29-24(32)16-7-12-21(27)22(28)14-16/h4-14,25H,15H2,1-3H3,(H,29,32)/t25-/m1/s1. The van der Waals surface area contributed by atoms with Crippen molar-refractivity contribution in [1.82, 2.24) is 0 Å². The lowest BCUT2D eigenvalue weighted by atomic mass is 9.87. The molecule has 1 heterocycles. The van der Waals surface area contributed by atoms with Gasteiger partial charge in [0.05, 0.1) is 15.8 Å². The van der Waals surface area contributed by atoms with E-state index in [0.717, 1.165) is 11.3 Å². The Hall–Kier alpha value is -2.47. The molecule has 0 bridgehead atoms. The molecule has 0 aliphatic carbocycles. The van der Waals surface area contributed by atoms with Crippen molar-refractivity contribution < 1.29 is 9.59 Å². The van der Waals surface area contributed by atoms with Crippen molar-refractivity contribution in [2.24, 2.45) is 0 Å². The van der Waals surface area contributed by atoms with E-state index in [2.05, 4.69) is 38.2 Å². The number of benzene rings is 3. The van der Waals surface area contributed by atoms with Crippen molar-refractivity contribution in [3.05, 3.63) is 93.5 Å². The molecule has 2 amide bonds. The van der Waals surface area contributed by atoms with Crippen LogP contribution in [0.3, 0.4) is 0 Å². The highest BCUT2D eigenvalue weighted by molar-refractivity contribution is 8.00. The summed E-state index contributed by atoms with van der Waals surface area (Å²) in [6.07, 6.45) is 0. The van der Waals surface area contributed by atoms with Crippen LogP contribution in [-0.4, -0.2) is 17.6 Å². The highest BCUT2D eigenvalue weighted by atomic mass is 35.5. The van der Waals surface area contributed by atoms with Gasteiger partial charge < -0.3 is 5.32 Å². The van der Waals surface area contributed by atoms with Crippen LogP contribution in [0.15, 0.2) is 66.7 Å². The predicted octanol–water partition coefficient (Wildman–Crippen LogP) is 7.32. The van der Waals surface area contributed by atoms with Crippen molar-refractivity contribution in [3.63, 3.8) is 0 Å². The Labute approximate surface area is 208 Å². The second kappa shape index (κ2) is 9.41. The third-order valence-electron chi connectivity index (χ3n) is 5.49. The Morgan fingerprint density at radius 1 is 1.00 bits per heavy atom. The molecule has 1 N–H and O–H groups in total. The van der Waals surface area contributed by atoms with Gasteiger partial charge in [-0.2, -0.15) is 0 Å². The highest BCUT2D eigenvalue weighted by Gasteiger charge is 2.34. The van der Waals surface area contributed by atoms with E-state index in [1.807, 2.05) is 41.3 Å². The van der Waals surface area contributed by atoms with E-state index in [1.165, 1.54) is 11.6 Å². The smallest absolute Gasteiger partial charge is 0.255 e. The minimum Gasteiger partial charge on any atom is -0.322 e. The Bertz CT molecular complexity index is 1210. The predicted molar refractivity (Wildman–Crippen MR) is 139 cm³/mol. The van der Waals surface area contributed by atoms with Crippen molar-refractivity contribution in [2.45, 2.75) is 31.6 Å². The fourth-order valence-electron chi connectivity index (χ4n) is 3.68. The van der Waals surface area contributed by atoms with E-state index >= 15 is 0 Å². The molecule has 4 rings (SSSR count). The first kappa shape index (κ1) is 23.7. The molecule has 0 radical (unpaired) electrons. The summed E-state index contributed by atoms with van der Waals surface area (Å²) in [5, 5.41) is 3.46. The van der Waals surface area contributed by atoms with Crippen LogP contribution in [0, 0.1) is 0 Å². The lowest BCUT2D eigenvalue weighted by molar-refractivity contribution is -0.115. The van der Waals surface area contributed by atoms with E-state index in [-0.39, 0.29) is 22.6 Å². The van der Waals surface area contributed by atoms with Gasteiger partial charge in [0.1, 0.15) is 5.37 Å². The zero-order valence-electron chi connectivity index (χ0n) is 18.6. The summed E-state index contributed by atoms with van der Waals surface area (Å²) < 4.78 is 0. The van der Waals surface area contributed by atoms with Crippen molar-refractivity contribution in [2.75, 3.05) is 16.0 Å². The number of nitrogens with zero attached hydrogens (tertiary/aromatic N) is 1. The SMILES string of the molecule is CC(C)(C)c1ccc(N2C(=O)CS[C@@H]2c2cccc(NC(=O)c3ccc(Cl)c(Cl)c3)c2)cc1. The molecule has 3 aromatic rings. The van der Waals surface area contributed by atoms with Gasteiger partial charge in [-0.05, 0) is 59.0 Å². The van der Waals surface area contributed by atoms with Gasteiger partial charge in [0.15, 0.2) is 0 Å². The third-order valence-corrected chi connectivity index (χ3v) is 7.44. The molecule has 1 fully saturated rings. The molecule has 7 heteroatoms. The van der Waals surface area contributed by atoms with Crippen LogP contribution < -0.4 is 10.2 Å². The van der Waals surface area contributed by atoms with E-state index in [1.54, 1.807) is 23.9 Å². The summed E-state index contributed by atoms with van der Waals surface area (Å²) in [6, 6.07) is 20.5. The molecule has 1 aliphatic rings. The number of carbonyl (C=O) groups excluding carboxylic acids is 2. The first-order chi connectivity index (χ1) is 15.6. The lowest BCUT2D eigenvalue weighted by Crippen LogP contribution is -2.28. The number of thioether (sulfide) groups is 1. The van der Waals surface area contributed by atoms with Gasteiger partial charge in [-0.1, -0.05) is 68.2 Å². The molecule has 0 spiro atoms. The third kappa shape index (κ3) is 5.21. The summed E-state index contributed by atoms with van der Waals surface area (Å²) in [6.45, 7) is 6.50. The molecule has 1 aliphatic heterocycles. The fourth-order valence-corrected chi connectivity index (χ4v) is 5.15. The van der Waals surface area contributed by atoms with E-state index in [4.69, 9.17) is 23.2 Å². The lowest BCUT2D eigenvalue weighted by Gasteiger charge is -2.26. The number of carbonyl (C=O) groups is 2. The molecule has 33 heavy (non-hydrogen) atoms. The zero-order valence-corrected chi connectivity index (χ0v) is 20.9. The van der Waals surface area contributed by atoms with Crippen LogP contribution in [0.5, 0.6) is 0 Å². The van der Waals surface area contributed by atoms with Gasteiger partial charge in [0.2, 0.25) is 5.91 Å². The van der Waals surface area contributed by atoms with Gasteiger partial charge in [0.25, 0.3) is 5.91 Å². The normalized spacial score (nSPS) is 16.2. The maximum atomic E-state index is 12.8. The molecule has 4 nitrogen and oxygen atoms in total. The van der Waals surface area contributed by atoms with Crippen molar-refractivity contribution >= 4 is 58.2 Å². The molecule has 170 valence electrons. The number of anilines is 2. The van der Waals surface area contributed by atoms with Crippen molar-refractivity contribution in [1.29, 1.82) is 0 Å². The minimum absolute atomic E-state index is 0.0442. The van der Waals surface area contributed by atoms with Gasteiger partial charge in [-0.3, -0.25) is 14.5 Å². The number of hydrogen-bond donors (Lipinski definition) is 1. The fraction of sp³-hybridized carbons (Fsp3) is 0.231. The van der Waals surface area contributed by atoms with E-state index in [9.17, 15) is 9.59 Å². The summed E-state index contributed by atoms with van der Waals surface area (Å²) >= 11 is 13.6. The van der Waals surface area contributed by atoms with Crippen LogP contribution in [0.1, 0.15) is 47.6 Å².